The van der Waals surface area contributed by atoms with Crippen molar-refractivity contribution < 1.29 is 4.79 Å². The van der Waals surface area contributed by atoms with Crippen LogP contribution in [0.4, 0.5) is 5.69 Å². The Balaban J connectivity index is 1.88. The van der Waals surface area contributed by atoms with Gasteiger partial charge < -0.3 is 10.6 Å². The van der Waals surface area contributed by atoms with Gasteiger partial charge in [-0.05, 0) is 37.0 Å². The summed E-state index contributed by atoms with van der Waals surface area (Å²) in [6.07, 6.45) is 6.20. The normalized spacial score (nSPS) is 18.1. The first-order chi connectivity index (χ1) is 10.2. The molecular weight excluding hydrogens is 266 g/mol. The lowest BCUT2D eigenvalue weighted by molar-refractivity contribution is 0.0730. The number of aryl methyl sites for hydroxylation is 1. The molecule has 0 spiro atoms. The summed E-state index contributed by atoms with van der Waals surface area (Å²) in [4.78, 5) is 18.6. The minimum atomic E-state index is -0.0947. The van der Waals surface area contributed by atoms with E-state index in [1.807, 2.05) is 24.0 Å². The predicted molar refractivity (Wildman–Crippen MR) is 79.6 cm³/mol. The van der Waals surface area contributed by atoms with E-state index in [1.165, 1.54) is 0 Å². The van der Waals surface area contributed by atoms with Gasteiger partial charge in [-0.2, -0.15) is 5.10 Å². The molecule has 1 fully saturated rings. The van der Waals surface area contributed by atoms with Gasteiger partial charge in [-0.1, -0.05) is 6.92 Å². The Labute approximate surface area is 123 Å². The largest absolute Gasteiger partial charge is 0.395 e. The molecule has 1 aliphatic heterocycles. The van der Waals surface area contributed by atoms with E-state index in [1.54, 1.807) is 12.4 Å². The Kier molecular flexibility index (Phi) is 3.60. The summed E-state index contributed by atoms with van der Waals surface area (Å²) >= 11 is 0. The van der Waals surface area contributed by atoms with Gasteiger partial charge in [-0.3, -0.25) is 14.9 Å². The van der Waals surface area contributed by atoms with Crippen LogP contribution in [0.1, 0.15) is 47.6 Å². The molecule has 1 saturated heterocycles. The van der Waals surface area contributed by atoms with Crippen molar-refractivity contribution in [3.05, 3.63) is 41.5 Å². The predicted octanol–water partition coefficient (Wildman–Crippen LogP) is 1.93. The molecular formula is C15H19N5O. The fourth-order valence-electron chi connectivity index (χ4n) is 2.90. The molecule has 0 saturated carbocycles. The first-order valence-corrected chi connectivity index (χ1v) is 7.26. The van der Waals surface area contributed by atoms with Gasteiger partial charge in [0.25, 0.3) is 5.91 Å². The minimum absolute atomic E-state index is 0.0849. The van der Waals surface area contributed by atoms with Crippen molar-refractivity contribution in [1.29, 1.82) is 0 Å². The van der Waals surface area contributed by atoms with Crippen LogP contribution in [-0.2, 0) is 6.42 Å². The number of nitrogen functional groups attached to an aromatic ring is 1. The molecule has 3 rings (SSSR count). The summed E-state index contributed by atoms with van der Waals surface area (Å²) in [6, 6.07) is 4.00. The van der Waals surface area contributed by atoms with Gasteiger partial charge >= 0.3 is 0 Å². The summed E-state index contributed by atoms with van der Waals surface area (Å²) in [5.41, 5.74) is 8.76. The third kappa shape index (κ3) is 2.37. The number of H-pyrrole nitrogens is 1. The average molecular weight is 285 g/mol. The van der Waals surface area contributed by atoms with E-state index in [0.717, 1.165) is 37.1 Å². The second kappa shape index (κ2) is 5.55. The molecule has 6 heteroatoms. The Morgan fingerprint density at radius 3 is 2.90 bits per heavy atom. The molecule has 2 aromatic heterocycles. The Morgan fingerprint density at radius 1 is 1.48 bits per heavy atom. The second-order valence-corrected chi connectivity index (χ2v) is 5.26. The molecule has 1 unspecified atom stereocenters. The molecule has 3 heterocycles. The summed E-state index contributed by atoms with van der Waals surface area (Å²) in [7, 11) is 0. The number of rotatable bonds is 3. The molecule has 1 amide bonds. The maximum absolute atomic E-state index is 12.7. The van der Waals surface area contributed by atoms with E-state index in [0.29, 0.717) is 11.4 Å². The molecule has 2 aromatic rings. The number of likely N-dealkylation sites (tertiary alicyclic amines) is 1. The van der Waals surface area contributed by atoms with Gasteiger partial charge in [-0.25, -0.2) is 0 Å². The number of hydrogen-bond donors (Lipinski definition) is 2. The fourth-order valence-corrected chi connectivity index (χ4v) is 2.90. The van der Waals surface area contributed by atoms with E-state index in [2.05, 4.69) is 15.2 Å². The third-order valence-electron chi connectivity index (χ3n) is 4.04. The van der Waals surface area contributed by atoms with Crippen molar-refractivity contribution in [2.24, 2.45) is 0 Å². The number of nitrogens with one attached hydrogen (secondary N) is 1. The van der Waals surface area contributed by atoms with Crippen LogP contribution in [0.5, 0.6) is 0 Å². The summed E-state index contributed by atoms with van der Waals surface area (Å²) < 4.78 is 0. The van der Waals surface area contributed by atoms with Gasteiger partial charge in [0.1, 0.15) is 0 Å². The van der Waals surface area contributed by atoms with Gasteiger partial charge in [-0.15, -0.1) is 0 Å². The maximum atomic E-state index is 12.7. The van der Waals surface area contributed by atoms with Crippen molar-refractivity contribution in [2.75, 3.05) is 12.3 Å². The zero-order valence-corrected chi connectivity index (χ0v) is 12.0. The van der Waals surface area contributed by atoms with Crippen LogP contribution in [0, 0.1) is 0 Å². The van der Waals surface area contributed by atoms with Crippen molar-refractivity contribution in [2.45, 2.75) is 32.2 Å². The Bertz CT molecular complexity index is 637. The standard InChI is InChI=1S/C15H19N5O/c1-2-11-13(16)14(19-18-11)15(21)20-9-3-4-12(20)10-5-7-17-8-6-10/h5-8,12H,2-4,9,16H2,1H3,(H,18,19). The molecule has 3 N–H and O–H groups in total. The lowest BCUT2D eigenvalue weighted by Gasteiger charge is -2.24. The van der Waals surface area contributed by atoms with E-state index in [4.69, 9.17) is 5.73 Å². The number of aromatic nitrogens is 3. The van der Waals surface area contributed by atoms with Gasteiger partial charge in [0.05, 0.1) is 17.4 Å². The summed E-state index contributed by atoms with van der Waals surface area (Å²) in [5.74, 6) is -0.0947. The highest BCUT2D eigenvalue weighted by Crippen LogP contribution is 2.33. The Hall–Kier alpha value is -2.37. The first kappa shape index (κ1) is 13.6. The quantitative estimate of drug-likeness (QED) is 0.902. The molecule has 1 aliphatic rings. The van der Waals surface area contributed by atoms with Crippen molar-refractivity contribution >= 4 is 11.6 Å². The van der Waals surface area contributed by atoms with Crippen LogP contribution in [0.15, 0.2) is 24.5 Å². The lowest BCUT2D eigenvalue weighted by atomic mass is 10.1. The van der Waals surface area contributed by atoms with E-state index >= 15 is 0 Å². The molecule has 21 heavy (non-hydrogen) atoms. The van der Waals surface area contributed by atoms with Crippen molar-refractivity contribution in [1.82, 2.24) is 20.1 Å². The molecule has 0 aliphatic carbocycles. The van der Waals surface area contributed by atoms with E-state index < -0.39 is 0 Å². The van der Waals surface area contributed by atoms with Crippen LogP contribution < -0.4 is 5.73 Å². The zero-order valence-electron chi connectivity index (χ0n) is 12.0. The van der Waals surface area contributed by atoms with Crippen LogP contribution in [0.25, 0.3) is 0 Å². The minimum Gasteiger partial charge on any atom is -0.395 e. The lowest BCUT2D eigenvalue weighted by Crippen LogP contribution is -2.31. The number of pyridine rings is 1. The zero-order chi connectivity index (χ0) is 14.8. The number of carbonyl (C=O) groups is 1. The number of hydrogen-bond acceptors (Lipinski definition) is 4. The van der Waals surface area contributed by atoms with Crippen LogP contribution >= 0.6 is 0 Å². The Morgan fingerprint density at radius 2 is 2.24 bits per heavy atom. The summed E-state index contributed by atoms with van der Waals surface area (Å²) in [6.45, 7) is 2.72. The number of aromatic amines is 1. The number of nitrogens with two attached hydrogens (primary N) is 1. The SMILES string of the molecule is CCc1[nH]nc(C(=O)N2CCCC2c2ccncc2)c1N. The number of nitrogens with zero attached hydrogens (tertiary/aromatic N) is 3. The number of carbonyl (C=O) groups excluding carboxylic acids is 1. The number of amides is 1. The molecule has 0 radical (unpaired) electrons. The number of anilines is 1. The molecule has 6 nitrogen and oxygen atoms in total. The van der Waals surface area contributed by atoms with Gasteiger partial charge in [0, 0.05) is 18.9 Å². The fraction of sp³-hybridized carbons (Fsp3) is 0.400. The monoisotopic (exact) mass is 285 g/mol. The molecule has 0 aromatic carbocycles. The van der Waals surface area contributed by atoms with Gasteiger partial charge in [0.2, 0.25) is 0 Å². The average Bonchev–Trinajstić information content (AvgIpc) is 3.14. The highest BCUT2D eigenvalue weighted by Gasteiger charge is 2.32. The molecule has 0 bridgehead atoms. The van der Waals surface area contributed by atoms with Crippen LogP contribution in [0.2, 0.25) is 0 Å². The van der Waals surface area contributed by atoms with E-state index in [9.17, 15) is 4.79 Å². The second-order valence-electron chi connectivity index (χ2n) is 5.26. The van der Waals surface area contributed by atoms with Crippen LogP contribution in [0.3, 0.4) is 0 Å². The highest BCUT2D eigenvalue weighted by molar-refractivity contribution is 5.98. The molecule has 1 atom stereocenters. The van der Waals surface area contributed by atoms with Crippen LogP contribution in [-0.4, -0.2) is 32.5 Å². The van der Waals surface area contributed by atoms with Crippen molar-refractivity contribution in [3.63, 3.8) is 0 Å². The highest BCUT2D eigenvalue weighted by atomic mass is 16.2. The maximum Gasteiger partial charge on any atom is 0.277 e. The first-order valence-electron chi connectivity index (χ1n) is 7.26. The topological polar surface area (TPSA) is 87.9 Å². The smallest absolute Gasteiger partial charge is 0.277 e. The van der Waals surface area contributed by atoms with Gasteiger partial charge in [0.15, 0.2) is 5.69 Å². The van der Waals surface area contributed by atoms with E-state index in [-0.39, 0.29) is 11.9 Å². The summed E-state index contributed by atoms with van der Waals surface area (Å²) in [5, 5.41) is 6.96. The van der Waals surface area contributed by atoms with Crippen molar-refractivity contribution in [3.8, 4) is 0 Å². The third-order valence-corrected chi connectivity index (χ3v) is 4.04. The molecule has 110 valence electrons.